The highest BCUT2D eigenvalue weighted by Gasteiger charge is 2.23. The Balaban J connectivity index is 3.20. The molecule has 0 saturated heterocycles. The van der Waals surface area contributed by atoms with Gasteiger partial charge in [-0.2, -0.15) is 5.10 Å². The van der Waals surface area contributed by atoms with Crippen LogP contribution in [0, 0.1) is 6.92 Å². The quantitative estimate of drug-likeness (QED) is 0.817. The summed E-state index contributed by atoms with van der Waals surface area (Å²) in [6.45, 7) is 14.1. The summed E-state index contributed by atoms with van der Waals surface area (Å²) in [5, 5.41) is 4.61. The maximum absolute atomic E-state index is 6.28. The second-order valence-corrected chi connectivity index (χ2v) is 5.67. The Morgan fingerprint density at radius 2 is 1.89 bits per heavy atom. The molecule has 0 aliphatic carbocycles. The lowest BCUT2D eigenvalue weighted by Gasteiger charge is -2.32. The third-order valence-electron chi connectivity index (χ3n) is 3.74. The van der Waals surface area contributed by atoms with E-state index in [0.29, 0.717) is 12.1 Å². The van der Waals surface area contributed by atoms with Gasteiger partial charge in [0, 0.05) is 18.6 Å². The molecule has 0 amide bonds. The van der Waals surface area contributed by atoms with E-state index in [1.165, 1.54) is 12.8 Å². The van der Waals surface area contributed by atoms with Crippen molar-refractivity contribution in [3.63, 3.8) is 0 Å². The highest BCUT2D eigenvalue weighted by Crippen LogP contribution is 2.31. The highest BCUT2D eigenvalue weighted by atomic mass is 15.4. The van der Waals surface area contributed by atoms with E-state index < -0.39 is 0 Å². The van der Waals surface area contributed by atoms with Crippen molar-refractivity contribution in [3.8, 4) is 0 Å². The minimum atomic E-state index is 0.333. The minimum absolute atomic E-state index is 0.333. The highest BCUT2D eigenvalue weighted by molar-refractivity contribution is 5.66. The maximum atomic E-state index is 6.28. The number of anilines is 2. The zero-order valence-corrected chi connectivity index (χ0v) is 13.4. The van der Waals surface area contributed by atoms with Crippen LogP contribution in [-0.4, -0.2) is 22.4 Å². The molecule has 1 heterocycles. The molecular formula is C15H30N4. The second kappa shape index (κ2) is 6.83. The van der Waals surface area contributed by atoms with E-state index in [0.717, 1.165) is 30.2 Å². The molecule has 1 atom stereocenters. The number of rotatable bonds is 7. The molecule has 0 saturated carbocycles. The average Bonchev–Trinajstić information content (AvgIpc) is 2.67. The summed E-state index contributed by atoms with van der Waals surface area (Å²) < 4.78 is 2.08. The first-order valence-corrected chi connectivity index (χ1v) is 7.55. The fourth-order valence-corrected chi connectivity index (χ4v) is 2.28. The van der Waals surface area contributed by atoms with Crippen LogP contribution < -0.4 is 10.6 Å². The number of nitrogen functional groups attached to an aromatic ring is 1. The Labute approximate surface area is 118 Å². The summed E-state index contributed by atoms with van der Waals surface area (Å²) in [6.07, 6.45) is 3.50. The number of aromatic nitrogens is 2. The first kappa shape index (κ1) is 15.9. The number of hydrogen-bond acceptors (Lipinski definition) is 3. The molecule has 19 heavy (non-hydrogen) atoms. The molecule has 0 fully saturated rings. The molecule has 4 heteroatoms. The lowest BCUT2D eigenvalue weighted by atomic mass is 10.2. The molecule has 0 radical (unpaired) electrons. The molecule has 0 bridgehead atoms. The van der Waals surface area contributed by atoms with Crippen LogP contribution in [0.2, 0.25) is 0 Å². The van der Waals surface area contributed by atoms with Crippen molar-refractivity contribution in [2.45, 2.75) is 72.9 Å². The number of aryl methyl sites for hydroxylation is 1. The van der Waals surface area contributed by atoms with Crippen molar-refractivity contribution in [1.82, 2.24) is 9.78 Å². The van der Waals surface area contributed by atoms with E-state index >= 15 is 0 Å². The van der Waals surface area contributed by atoms with E-state index in [4.69, 9.17) is 5.73 Å². The monoisotopic (exact) mass is 266 g/mol. The van der Waals surface area contributed by atoms with Gasteiger partial charge < -0.3 is 10.6 Å². The molecule has 4 nitrogen and oxygen atoms in total. The maximum Gasteiger partial charge on any atom is 0.151 e. The molecule has 1 unspecified atom stereocenters. The van der Waals surface area contributed by atoms with Gasteiger partial charge in [-0.3, -0.25) is 0 Å². The summed E-state index contributed by atoms with van der Waals surface area (Å²) in [6, 6.07) is 0.821. The van der Waals surface area contributed by atoms with Gasteiger partial charge in [0.05, 0.1) is 11.4 Å². The van der Waals surface area contributed by atoms with Crippen molar-refractivity contribution in [2.75, 3.05) is 17.2 Å². The lowest BCUT2D eigenvalue weighted by Crippen LogP contribution is -2.36. The zero-order chi connectivity index (χ0) is 14.6. The molecule has 0 aromatic carbocycles. The largest absolute Gasteiger partial charge is 0.394 e. The molecule has 0 spiro atoms. The third-order valence-corrected chi connectivity index (χ3v) is 3.74. The fourth-order valence-electron chi connectivity index (χ4n) is 2.28. The van der Waals surface area contributed by atoms with Crippen LogP contribution in [0.4, 0.5) is 11.5 Å². The van der Waals surface area contributed by atoms with Gasteiger partial charge in [0.25, 0.3) is 0 Å². The van der Waals surface area contributed by atoms with E-state index in [9.17, 15) is 0 Å². The van der Waals surface area contributed by atoms with Gasteiger partial charge in [-0.1, -0.05) is 20.3 Å². The zero-order valence-electron chi connectivity index (χ0n) is 13.4. The molecule has 0 aliphatic rings. The van der Waals surface area contributed by atoms with E-state index in [1.54, 1.807) is 0 Å². The van der Waals surface area contributed by atoms with Crippen LogP contribution in [0.5, 0.6) is 0 Å². The van der Waals surface area contributed by atoms with Gasteiger partial charge in [-0.05, 0) is 40.5 Å². The SMILES string of the molecule is CCCCN(c1c(N)c(C)nn1C(C)C)C(C)CC. The van der Waals surface area contributed by atoms with Gasteiger partial charge in [0.1, 0.15) is 0 Å². The standard InChI is InChI=1S/C15H30N4/c1-7-9-10-18(12(5)8-2)15-14(16)13(6)17-19(15)11(3)4/h11-12H,7-10,16H2,1-6H3. The van der Waals surface area contributed by atoms with Crippen LogP contribution in [-0.2, 0) is 0 Å². The number of unbranched alkanes of at least 4 members (excludes halogenated alkanes) is 1. The van der Waals surface area contributed by atoms with Crippen LogP contribution >= 0.6 is 0 Å². The van der Waals surface area contributed by atoms with Crippen LogP contribution in [0.25, 0.3) is 0 Å². The van der Waals surface area contributed by atoms with Crippen LogP contribution in [0.15, 0.2) is 0 Å². The van der Waals surface area contributed by atoms with E-state index in [2.05, 4.69) is 49.3 Å². The summed E-state index contributed by atoms with van der Waals surface area (Å²) >= 11 is 0. The van der Waals surface area contributed by atoms with E-state index in [-0.39, 0.29) is 0 Å². The van der Waals surface area contributed by atoms with Gasteiger partial charge >= 0.3 is 0 Å². The first-order chi connectivity index (χ1) is 8.93. The van der Waals surface area contributed by atoms with Crippen molar-refractivity contribution in [2.24, 2.45) is 0 Å². The first-order valence-electron chi connectivity index (χ1n) is 7.55. The van der Waals surface area contributed by atoms with Gasteiger partial charge in [0.2, 0.25) is 0 Å². The predicted octanol–water partition coefficient (Wildman–Crippen LogP) is 3.76. The number of nitrogens with two attached hydrogens (primary N) is 1. The van der Waals surface area contributed by atoms with Crippen molar-refractivity contribution in [3.05, 3.63) is 5.69 Å². The summed E-state index contributed by atoms with van der Waals surface area (Å²) in [5.41, 5.74) is 8.06. The molecule has 1 aromatic rings. The molecule has 2 N–H and O–H groups in total. The average molecular weight is 266 g/mol. The van der Waals surface area contributed by atoms with Crippen LogP contribution in [0.3, 0.4) is 0 Å². The van der Waals surface area contributed by atoms with Gasteiger partial charge in [-0.25, -0.2) is 4.68 Å². The normalized spacial score (nSPS) is 13.0. The minimum Gasteiger partial charge on any atom is -0.394 e. The number of hydrogen-bond donors (Lipinski definition) is 1. The van der Waals surface area contributed by atoms with Crippen molar-refractivity contribution in [1.29, 1.82) is 0 Å². The van der Waals surface area contributed by atoms with Crippen molar-refractivity contribution >= 4 is 11.5 Å². The Bertz CT molecular complexity index is 395. The Hall–Kier alpha value is -1.19. The van der Waals surface area contributed by atoms with Gasteiger partial charge in [-0.15, -0.1) is 0 Å². The fraction of sp³-hybridized carbons (Fsp3) is 0.800. The van der Waals surface area contributed by atoms with Gasteiger partial charge in [0.15, 0.2) is 5.82 Å². The second-order valence-electron chi connectivity index (χ2n) is 5.67. The van der Waals surface area contributed by atoms with E-state index in [1.807, 2.05) is 6.92 Å². The molecule has 110 valence electrons. The smallest absolute Gasteiger partial charge is 0.151 e. The van der Waals surface area contributed by atoms with Crippen molar-refractivity contribution < 1.29 is 0 Å². The molecular weight excluding hydrogens is 236 g/mol. The number of nitrogens with zero attached hydrogens (tertiary/aromatic N) is 3. The predicted molar refractivity (Wildman–Crippen MR) is 83.8 cm³/mol. The molecule has 0 aliphatic heterocycles. The summed E-state index contributed by atoms with van der Waals surface area (Å²) in [7, 11) is 0. The van der Waals surface area contributed by atoms with Crippen LogP contribution in [0.1, 0.15) is 65.6 Å². The summed E-state index contributed by atoms with van der Waals surface area (Å²) in [5.74, 6) is 1.11. The third kappa shape index (κ3) is 3.43. The molecule has 1 rings (SSSR count). The Morgan fingerprint density at radius 1 is 1.26 bits per heavy atom. The lowest BCUT2D eigenvalue weighted by molar-refractivity contribution is 0.501. The Morgan fingerprint density at radius 3 is 2.37 bits per heavy atom. The summed E-state index contributed by atoms with van der Waals surface area (Å²) in [4.78, 5) is 2.43. The molecule has 1 aromatic heterocycles. The Kier molecular flexibility index (Phi) is 5.70. The topological polar surface area (TPSA) is 47.1 Å².